The monoisotopic (exact) mass is 471 g/mol. The SMILES string of the molecule is COCc1c(C(=O)Nc2ccc(Br)cc2Br)sc2cccc(F)c12. The van der Waals surface area contributed by atoms with Gasteiger partial charge in [-0.2, -0.15) is 0 Å². The van der Waals surface area contributed by atoms with Crippen LogP contribution in [-0.4, -0.2) is 13.0 Å². The van der Waals surface area contributed by atoms with Gasteiger partial charge >= 0.3 is 0 Å². The van der Waals surface area contributed by atoms with Crippen LogP contribution >= 0.6 is 43.2 Å². The number of anilines is 1. The van der Waals surface area contributed by atoms with Crippen LogP contribution in [0.15, 0.2) is 45.3 Å². The Kier molecular flexibility index (Phi) is 5.34. The molecular formula is C17H12Br2FNO2S. The van der Waals surface area contributed by atoms with Crippen LogP contribution in [0, 0.1) is 5.82 Å². The maximum absolute atomic E-state index is 14.2. The molecule has 0 unspecified atom stereocenters. The van der Waals surface area contributed by atoms with Crippen LogP contribution in [0.3, 0.4) is 0 Å². The molecule has 0 bridgehead atoms. The van der Waals surface area contributed by atoms with Gasteiger partial charge in [0.2, 0.25) is 0 Å². The number of thiophene rings is 1. The van der Waals surface area contributed by atoms with Crippen molar-refractivity contribution in [3.8, 4) is 0 Å². The van der Waals surface area contributed by atoms with Gasteiger partial charge < -0.3 is 10.1 Å². The Hall–Kier alpha value is -1.28. The molecule has 0 radical (unpaired) electrons. The van der Waals surface area contributed by atoms with Gasteiger partial charge in [-0.25, -0.2) is 4.39 Å². The standard InChI is InChI=1S/C17H12Br2FNO2S/c1-23-8-10-15-12(20)3-2-4-14(15)24-16(10)17(22)21-13-6-5-9(18)7-11(13)19/h2-7H,8H2,1H3,(H,21,22). The van der Waals surface area contributed by atoms with Gasteiger partial charge in [0.25, 0.3) is 5.91 Å². The van der Waals surface area contributed by atoms with Crippen molar-refractivity contribution in [2.45, 2.75) is 6.61 Å². The van der Waals surface area contributed by atoms with Gasteiger partial charge in [0, 0.05) is 31.7 Å². The van der Waals surface area contributed by atoms with E-state index in [0.29, 0.717) is 21.5 Å². The fraction of sp³-hybridized carbons (Fsp3) is 0.118. The van der Waals surface area contributed by atoms with E-state index in [-0.39, 0.29) is 18.3 Å². The molecule has 0 saturated heterocycles. The number of halogens is 3. The molecule has 0 saturated carbocycles. The Morgan fingerprint density at radius 2 is 2.08 bits per heavy atom. The lowest BCUT2D eigenvalue weighted by molar-refractivity contribution is 0.102. The molecule has 0 aliphatic heterocycles. The molecule has 1 heterocycles. The molecule has 2 aromatic carbocycles. The Labute approximate surface area is 159 Å². The number of ether oxygens (including phenoxy) is 1. The van der Waals surface area contributed by atoms with Crippen LogP contribution in [0.1, 0.15) is 15.2 Å². The van der Waals surface area contributed by atoms with Crippen molar-refractivity contribution in [3.63, 3.8) is 0 Å². The average molecular weight is 473 g/mol. The summed E-state index contributed by atoms with van der Waals surface area (Å²) in [6, 6.07) is 10.3. The number of fused-ring (bicyclic) bond motifs is 1. The maximum atomic E-state index is 14.2. The second kappa shape index (κ2) is 7.31. The lowest BCUT2D eigenvalue weighted by Gasteiger charge is -2.08. The van der Waals surface area contributed by atoms with E-state index in [0.717, 1.165) is 13.6 Å². The van der Waals surface area contributed by atoms with Crippen LogP contribution in [0.25, 0.3) is 10.1 Å². The summed E-state index contributed by atoms with van der Waals surface area (Å²) < 4.78 is 21.7. The minimum Gasteiger partial charge on any atom is -0.380 e. The predicted molar refractivity (Wildman–Crippen MR) is 102 cm³/mol. The highest BCUT2D eigenvalue weighted by atomic mass is 79.9. The molecule has 124 valence electrons. The predicted octanol–water partition coefficient (Wildman–Crippen LogP) is 5.96. The normalized spacial score (nSPS) is 11.0. The number of methoxy groups -OCH3 is 1. The van der Waals surface area contributed by atoms with Crippen molar-refractivity contribution in [1.29, 1.82) is 0 Å². The minimum absolute atomic E-state index is 0.172. The molecule has 1 aromatic heterocycles. The van der Waals surface area contributed by atoms with E-state index in [1.165, 1.54) is 24.5 Å². The number of nitrogens with one attached hydrogen (secondary N) is 1. The highest BCUT2D eigenvalue weighted by Gasteiger charge is 2.21. The van der Waals surface area contributed by atoms with Gasteiger partial charge in [0.05, 0.1) is 17.2 Å². The number of carbonyl (C=O) groups is 1. The van der Waals surface area contributed by atoms with Crippen molar-refractivity contribution in [3.05, 3.63) is 61.6 Å². The zero-order valence-electron chi connectivity index (χ0n) is 12.5. The summed E-state index contributed by atoms with van der Waals surface area (Å²) in [6.07, 6.45) is 0. The first-order valence-corrected chi connectivity index (χ1v) is 9.36. The second-order valence-electron chi connectivity index (χ2n) is 5.03. The quantitative estimate of drug-likeness (QED) is 0.508. The smallest absolute Gasteiger partial charge is 0.266 e. The maximum Gasteiger partial charge on any atom is 0.266 e. The van der Waals surface area contributed by atoms with Crippen molar-refractivity contribution in [2.24, 2.45) is 0 Å². The Bertz CT molecular complexity index is 926. The number of amides is 1. The first-order valence-electron chi connectivity index (χ1n) is 6.96. The molecule has 7 heteroatoms. The lowest BCUT2D eigenvalue weighted by Crippen LogP contribution is -2.13. The van der Waals surface area contributed by atoms with Crippen LogP contribution in [0.5, 0.6) is 0 Å². The largest absolute Gasteiger partial charge is 0.380 e. The Morgan fingerprint density at radius 1 is 1.29 bits per heavy atom. The van der Waals surface area contributed by atoms with E-state index in [4.69, 9.17) is 4.74 Å². The summed E-state index contributed by atoms with van der Waals surface area (Å²) in [7, 11) is 1.53. The molecule has 0 spiro atoms. The Balaban J connectivity index is 2.03. The number of carbonyl (C=O) groups excluding carboxylic acids is 1. The van der Waals surface area contributed by atoms with E-state index in [1.807, 2.05) is 12.1 Å². The number of benzene rings is 2. The highest BCUT2D eigenvalue weighted by Crippen LogP contribution is 2.35. The molecular weight excluding hydrogens is 461 g/mol. The third kappa shape index (κ3) is 3.39. The molecule has 0 fully saturated rings. The molecule has 3 rings (SSSR count). The van der Waals surface area contributed by atoms with Gasteiger partial charge in [-0.1, -0.05) is 22.0 Å². The zero-order valence-corrected chi connectivity index (χ0v) is 16.5. The number of rotatable bonds is 4. The molecule has 0 aliphatic rings. The van der Waals surface area contributed by atoms with E-state index >= 15 is 0 Å². The summed E-state index contributed by atoms with van der Waals surface area (Å²) in [5.74, 6) is -0.634. The van der Waals surface area contributed by atoms with E-state index < -0.39 is 0 Å². The lowest BCUT2D eigenvalue weighted by atomic mass is 10.1. The van der Waals surface area contributed by atoms with E-state index in [9.17, 15) is 9.18 Å². The average Bonchev–Trinajstić information content (AvgIpc) is 2.91. The van der Waals surface area contributed by atoms with Crippen molar-refractivity contribution < 1.29 is 13.9 Å². The van der Waals surface area contributed by atoms with Gasteiger partial charge in [-0.15, -0.1) is 11.3 Å². The summed E-state index contributed by atoms with van der Waals surface area (Å²) in [5.41, 5.74) is 1.21. The third-order valence-corrected chi connectivity index (χ3v) is 5.78. The first-order chi connectivity index (χ1) is 11.5. The summed E-state index contributed by atoms with van der Waals surface area (Å²) >= 11 is 8.05. The van der Waals surface area contributed by atoms with Gasteiger partial charge in [-0.3, -0.25) is 4.79 Å². The van der Waals surface area contributed by atoms with Crippen molar-refractivity contribution in [1.82, 2.24) is 0 Å². The van der Waals surface area contributed by atoms with E-state index in [1.54, 1.807) is 18.2 Å². The van der Waals surface area contributed by atoms with Crippen LogP contribution in [-0.2, 0) is 11.3 Å². The van der Waals surface area contributed by atoms with Gasteiger partial charge in [0.1, 0.15) is 5.82 Å². The fourth-order valence-corrected chi connectivity index (χ4v) is 4.67. The topological polar surface area (TPSA) is 38.3 Å². The molecule has 3 nitrogen and oxygen atoms in total. The van der Waals surface area contributed by atoms with Gasteiger partial charge in [-0.05, 0) is 46.3 Å². The summed E-state index contributed by atoms with van der Waals surface area (Å²) in [5, 5.41) is 3.31. The summed E-state index contributed by atoms with van der Waals surface area (Å²) in [6.45, 7) is 0.172. The zero-order chi connectivity index (χ0) is 17.3. The molecule has 0 aliphatic carbocycles. The molecule has 3 aromatic rings. The number of hydrogen-bond acceptors (Lipinski definition) is 3. The fourth-order valence-electron chi connectivity index (χ4n) is 2.40. The molecule has 1 amide bonds. The number of hydrogen-bond donors (Lipinski definition) is 1. The summed E-state index contributed by atoms with van der Waals surface area (Å²) in [4.78, 5) is 13.2. The van der Waals surface area contributed by atoms with Crippen molar-refractivity contribution >= 4 is 64.9 Å². The minimum atomic E-state index is -0.348. The van der Waals surface area contributed by atoms with Crippen LogP contribution in [0.2, 0.25) is 0 Å². The van der Waals surface area contributed by atoms with Crippen LogP contribution in [0.4, 0.5) is 10.1 Å². The highest BCUT2D eigenvalue weighted by molar-refractivity contribution is 9.11. The molecule has 1 N–H and O–H groups in total. The second-order valence-corrected chi connectivity index (χ2v) is 7.86. The van der Waals surface area contributed by atoms with Crippen LogP contribution < -0.4 is 5.32 Å². The molecule has 0 atom stereocenters. The molecule has 24 heavy (non-hydrogen) atoms. The Morgan fingerprint density at radius 3 is 2.79 bits per heavy atom. The van der Waals surface area contributed by atoms with E-state index in [2.05, 4.69) is 37.2 Å². The van der Waals surface area contributed by atoms with Crippen molar-refractivity contribution in [2.75, 3.05) is 12.4 Å². The first kappa shape index (κ1) is 17.5. The van der Waals surface area contributed by atoms with Gasteiger partial charge in [0.15, 0.2) is 0 Å². The third-order valence-electron chi connectivity index (χ3n) is 3.44.